The molecule has 5 nitrogen and oxygen atoms in total. The normalized spacial score (nSPS) is 15.5. The first-order chi connectivity index (χ1) is 7.78. The van der Waals surface area contributed by atoms with E-state index >= 15 is 0 Å². The highest BCUT2D eigenvalue weighted by Crippen LogP contribution is 2.18. The van der Waals surface area contributed by atoms with Crippen LogP contribution in [-0.4, -0.2) is 24.1 Å². The number of ether oxygens (including phenoxy) is 1. The Kier molecular flexibility index (Phi) is 6.14. The van der Waals surface area contributed by atoms with Crippen molar-refractivity contribution in [1.29, 1.82) is 0 Å². The van der Waals surface area contributed by atoms with E-state index in [0.717, 1.165) is 10.7 Å². The van der Waals surface area contributed by atoms with E-state index in [1.165, 1.54) is 12.8 Å². The molecule has 0 bridgehead atoms. The topological polar surface area (TPSA) is 72.5 Å². The molecule has 0 spiro atoms. The number of hydrogen-bond acceptors (Lipinski definition) is 4. The summed E-state index contributed by atoms with van der Waals surface area (Å²) >= 11 is 1.59. The fourth-order valence-corrected chi connectivity index (χ4v) is 2.02. The van der Waals surface area contributed by atoms with Gasteiger partial charge in [-0.05, 0) is 12.8 Å². The lowest BCUT2D eigenvalue weighted by molar-refractivity contribution is 0.184. The second kappa shape index (κ2) is 7.12. The number of hydrogen-bond donors (Lipinski definition) is 2. The summed E-state index contributed by atoms with van der Waals surface area (Å²) in [5.74, 6) is 0.517. The minimum atomic E-state index is 0. The zero-order chi connectivity index (χ0) is 11.4. The number of methoxy groups -OCH3 is 1. The van der Waals surface area contributed by atoms with E-state index in [1.807, 2.05) is 5.38 Å². The summed E-state index contributed by atoms with van der Waals surface area (Å²) in [6.45, 7) is 1.09. The molecule has 1 aliphatic rings. The Morgan fingerprint density at radius 2 is 2.47 bits per heavy atom. The molecule has 1 aromatic rings. The van der Waals surface area contributed by atoms with Crippen molar-refractivity contribution in [1.82, 2.24) is 10.3 Å². The molecule has 0 unspecified atom stereocenters. The van der Waals surface area contributed by atoms with Crippen molar-refractivity contribution in [2.24, 2.45) is 10.7 Å². The number of aliphatic imine (C=N–C) groups is 1. The zero-order valence-corrected chi connectivity index (χ0v) is 12.8. The summed E-state index contributed by atoms with van der Waals surface area (Å²) < 4.78 is 5.00. The van der Waals surface area contributed by atoms with Crippen LogP contribution in [0.1, 0.15) is 23.5 Å². The molecule has 0 saturated heterocycles. The van der Waals surface area contributed by atoms with Gasteiger partial charge in [-0.2, -0.15) is 0 Å². The molecule has 1 saturated carbocycles. The molecule has 0 atom stereocenters. The molecule has 1 aromatic heterocycles. The van der Waals surface area contributed by atoms with Crippen LogP contribution < -0.4 is 11.1 Å². The van der Waals surface area contributed by atoms with E-state index in [0.29, 0.717) is 25.2 Å². The standard InChI is InChI=1S/C10H16N4OS.HI/c1-15-5-9-13-8(6-16-9)4-12-10(11)14-7-2-3-7;/h6-7H,2-5H2,1H3,(H3,11,12,14);1H. The quantitative estimate of drug-likeness (QED) is 0.469. The van der Waals surface area contributed by atoms with Gasteiger partial charge in [0.1, 0.15) is 5.01 Å². The van der Waals surface area contributed by atoms with Crippen LogP contribution in [0, 0.1) is 0 Å². The summed E-state index contributed by atoms with van der Waals surface area (Å²) in [6.07, 6.45) is 2.40. The molecule has 1 fully saturated rings. The van der Waals surface area contributed by atoms with Gasteiger partial charge in [-0.1, -0.05) is 0 Å². The van der Waals surface area contributed by atoms with Crippen molar-refractivity contribution in [3.63, 3.8) is 0 Å². The maximum Gasteiger partial charge on any atom is 0.189 e. The molecule has 0 aliphatic heterocycles. The number of rotatable bonds is 5. The van der Waals surface area contributed by atoms with Gasteiger partial charge < -0.3 is 15.8 Å². The van der Waals surface area contributed by atoms with Gasteiger partial charge in [0.2, 0.25) is 0 Å². The third-order valence-electron chi connectivity index (χ3n) is 2.21. The van der Waals surface area contributed by atoms with Gasteiger partial charge in [-0.3, -0.25) is 0 Å². The van der Waals surface area contributed by atoms with E-state index in [9.17, 15) is 0 Å². The Balaban J connectivity index is 0.00000144. The number of aromatic nitrogens is 1. The van der Waals surface area contributed by atoms with Crippen LogP contribution in [0.3, 0.4) is 0 Å². The molecule has 3 N–H and O–H groups in total. The Labute approximate surface area is 122 Å². The molecule has 7 heteroatoms. The van der Waals surface area contributed by atoms with Crippen molar-refractivity contribution >= 4 is 41.3 Å². The van der Waals surface area contributed by atoms with Crippen molar-refractivity contribution in [3.05, 3.63) is 16.1 Å². The summed E-state index contributed by atoms with van der Waals surface area (Å²) in [7, 11) is 1.66. The molecule has 1 heterocycles. The van der Waals surface area contributed by atoms with Crippen LogP contribution in [0.2, 0.25) is 0 Å². The predicted octanol–water partition coefficient (Wildman–Crippen LogP) is 1.47. The van der Waals surface area contributed by atoms with Gasteiger partial charge in [0, 0.05) is 18.5 Å². The van der Waals surface area contributed by atoms with E-state index in [2.05, 4.69) is 15.3 Å². The van der Waals surface area contributed by atoms with Crippen LogP contribution in [0.4, 0.5) is 0 Å². The van der Waals surface area contributed by atoms with Gasteiger partial charge in [0.05, 0.1) is 18.8 Å². The van der Waals surface area contributed by atoms with Gasteiger partial charge in [-0.25, -0.2) is 9.98 Å². The summed E-state index contributed by atoms with van der Waals surface area (Å²) in [6, 6.07) is 0.545. The maximum absolute atomic E-state index is 5.72. The third-order valence-corrected chi connectivity index (χ3v) is 3.08. The maximum atomic E-state index is 5.72. The fourth-order valence-electron chi connectivity index (χ4n) is 1.26. The van der Waals surface area contributed by atoms with E-state index in [4.69, 9.17) is 10.5 Å². The Morgan fingerprint density at radius 1 is 1.71 bits per heavy atom. The van der Waals surface area contributed by atoms with Gasteiger partial charge in [0.25, 0.3) is 0 Å². The largest absolute Gasteiger partial charge is 0.378 e. The molecule has 2 rings (SSSR count). The highest BCUT2D eigenvalue weighted by molar-refractivity contribution is 14.0. The lowest BCUT2D eigenvalue weighted by Crippen LogP contribution is -2.33. The summed E-state index contributed by atoms with van der Waals surface area (Å²) in [5, 5.41) is 6.10. The predicted molar refractivity (Wildman–Crippen MR) is 79.7 cm³/mol. The lowest BCUT2D eigenvalue weighted by atomic mass is 10.5. The van der Waals surface area contributed by atoms with Crippen molar-refractivity contribution < 1.29 is 4.74 Å². The molecule has 96 valence electrons. The number of nitrogens with one attached hydrogen (secondary N) is 1. The number of nitrogens with two attached hydrogens (primary N) is 1. The molecule has 1 aliphatic carbocycles. The summed E-state index contributed by atoms with van der Waals surface area (Å²) in [5.41, 5.74) is 6.66. The monoisotopic (exact) mass is 368 g/mol. The van der Waals surface area contributed by atoms with E-state index in [-0.39, 0.29) is 24.0 Å². The number of guanidine groups is 1. The average molecular weight is 368 g/mol. The van der Waals surface area contributed by atoms with Crippen LogP contribution in [0.5, 0.6) is 0 Å². The minimum Gasteiger partial charge on any atom is -0.378 e. The smallest absolute Gasteiger partial charge is 0.189 e. The first-order valence-electron chi connectivity index (χ1n) is 5.26. The Morgan fingerprint density at radius 3 is 3.12 bits per heavy atom. The molecule has 17 heavy (non-hydrogen) atoms. The average Bonchev–Trinajstić information content (AvgIpc) is 2.95. The lowest BCUT2D eigenvalue weighted by Gasteiger charge is -2.01. The first-order valence-corrected chi connectivity index (χ1v) is 6.14. The van der Waals surface area contributed by atoms with Crippen LogP contribution in [0.25, 0.3) is 0 Å². The zero-order valence-electron chi connectivity index (χ0n) is 9.68. The highest BCUT2D eigenvalue weighted by atomic mass is 127. The van der Waals surface area contributed by atoms with E-state index in [1.54, 1.807) is 18.4 Å². The van der Waals surface area contributed by atoms with Gasteiger partial charge in [-0.15, -0.1) is 35.3 Å². The third kappa shape index (κ3) is 5.17. The van der Waals surface area contributed by atoms with Gasteiger partial charge >= 0.3 is 0 Å². The fraction of sp³-hybridized carbons (Fsp3) is 0.600. The van der Waals surface area contributed by atoms with Crippen LogP contribution in [0.15, 0.2) is 10.4 Å². The molecular weight excluding hydrogens is 351 g/mol. The van der Waals surface area contributed by atoms with Gasteiger partial charge in [0.15, 0.2) is 5.96 Å². The highest BCUT2D eigenvalue weighted by Gasteiger charge is 2.21. The second-order valence-electron chi connectivity index (χ2n) is 3.79. The van der Waals surface area contributed by atoms with Crippen molar-refractivity contribution in [3.8, 4) is 0 Å². The van der Waals surface area contributed by atoms with Crippen molar-refractivity contribution in [2.45, 2.75) is 32.0 Å². The molecule has 0 amide bonds. The second-order valence-corrected chi connectivity index (χ2v) is 4.73. The first kappa shape index (κ1) is 14.7. The number of nitrogens with zero attached hydrogens (tertiary/aromatic N) is 2. The molecular formula is C10H17IN4OS. The number of halogens is 1. The minimum absolute atomic E-state index is 0. The Bertz CT molecular complexity index is 378. The van der Waals surface area contributed by atoms with E-state index < -0.39 is 0 Å². The van der Waals surface area contributed by atoms with Crippen LogP contribution >= 0.6 is 35.3 Å². The van der Waals surface area contributed by atoms with Crippen molar-refractivity contribution in [2.75, 3.05) is 7.11 Å². The number of thiazole rings is 1. The molecule has 0 radical (unpaired) electrons. The summed E-state index contributed by atoms with van der Waals surface area (Å²) in [4.78, 5) is 8.60. The molecule has 0 aromatic carbocycles. The van der Waals surface area contributed by atoms with Crippen LogP contribution in [-0.2, 0) is 17.9 Å². The SMILES string of the molecule is COCc1nc(CN=C(N)NC2CC2)cs1.I. The Hall–Kier alpha value is -0.410.